The van der Waals surface area contributed by atoms with Gasteiger partial charge in [0.05, 0.1) is 20.8 Å². The summed E-state index contributed by atoms with van der Waals surface area (Å²) in [7, 11) is 3.04. The molecule has 1 aliphatic heterocycles. The van der Waals surface area contributed by atoms with E-state index in [1.165, 1.54) is 19.1 Å². The number of methoxy groups -OCH3 is 2. The van der Waals surface area contributed by atoms with Crippen molar-refractivity contribution in [3.8, 4) is 11.5 Å². The van der Waals surface area contributed by atoms with Crippen LogP contribution in [0, 0.1) is 0 Å². The van der Waals surface area contributed by atoms with Crippen LogP contribution in [0.1, 0.15) is 0 Å². The Morgan fingerprint density at radius 3 is 2.56 bits per heavy atom. The Morgan fingerprint density at radius 1 is 1.17 bits per heavy atom. The van der Waals surface area contributed by atoms with Gasteiger partial charge in [-0.25, -0.2) is 4.79 Å². The molecule has 18 heavy (non-hydrogen) atoms. The van der Waals surface area contributed by atoms with Gasteiger partial charge in [0.1, 0.15) is 6.61 Å². The number of hydrogen-bond donors (Lipinski definition) is 0. The van der Waals surface area contributed by atoms with Gasteiger partial charge in [-0.3, -0.25) is 9.69 Å². The van der Waals surface area contributed by atoms with Crippen molar-refractivity contribution >= 4 is 17.6 Å². The highest BCUT2D eigenvalue weighted by atomic mass is 16.5. The number of carbonyl (C=O) groups excluding carboxylic acids is 2. The highest BCUT2D eigenvalue weighted by Crippen LogP contribution is 2.31. The predicted octanol–water partition coefficient (Wildman–Crippen LogP) is 0.594. The molecular formula is C12H13NO5. The Bertz CT molecular complexity index is 485. The molecule has 0 saturated carbocycles. The molecule has 0 bridgehead atoms. The van der Waals surface area contributed by atoms with Gasteiger partial charge in [-0.05, 0) is 12.1 Å². The average molecular weight is 251 g/mol. The van der Waals surface area contributed by atoms with Crippen molar-refractivity contribution in [3.05, 3.63) is 18.2 Å². The lowest BCUT2D eigenvalue weighted by atomic mass is 10.2. The molecule has 1 aromatic rings. The van der Waals surface area contributed by atoms with E-state index < -0.39 is 11.9 Å². The Labute approximate surface area is 104 Å². The molecular weight excluding hydrogens is 238 g/mol. The maximum absolute atomic E-state index is 11.7. The Morgan fingerprint density at radius 2 is 1.89 bits per heavy atom. The SMILES string of the molecule is COc1ccc(N2CCOC(=O)C2=O)cc1OC. The molecule has 0 atom stereocenters. The first kappa shape index (κ1) is 12.2. The van der Waals surface area contributed by atoms with E-state index in [1.54, 1.807) is 18.2 Å². The molecule has 6 nitrogen and oxygen atoms in total. The summed E-state index contributed by atoms with van der Waals surface area (Å²) in [6, 6.07) is 5.02. The molecule has 0 spiro atoms. The molecule has 0 aromatic heterocycles. The maximum Gasteiger partial charge on any atom is 0.397 e. The second kappa shape index (κ2) is 4.95. The smallest absolute Gasteiger partial charge is 0.397 e. The van der Waals surface area contributed by atoms with Gasteiger partial charge in [0, 0.05) is 11.8 Å². The monoisotopic (exact) mass is 251 g/mol. The third-order valence-corrected chi connectivity index (χ3v) is 2.65. The summed E-state index contributed by atoms with van der Waals surface area (Å²) in [6.07, 6.45) is 0. The quantitative estimate of drug-likeness (QED) is 0.581. The Hall–Kier alpha value is -2.24. The lowest BCUT2D eigenvalue weighted by molar-refractivity contribution is -0.156. The number of carbonyl (C=O) groups is 2. The second-order valence-corrected chi connectivity index (χ2v) is 3.63. The van der Waals surface area contributed by atoms with Crippen LogP contribution in [0.15, 0.2) is 18.2 Å². The zero-order valence-corrected chi connectivity index (χ0v) is 10.1. The number of ether oxygens (including phenoxy) is 3. The fourth-order valence-corrected chi connectivity index (χ4v) is 1.74. The average Bonchev–Trinajstić information content (AvgIpc) is 2.41. The number of benzene rings is 1. The molecule has 1 aromatic carbocycles. The third-order valence-electron chi connectivity index (χ3n) is 2.65. The largest absolute Gasteiger partial charge is 0.493 e. The van der Waals surface area contributed by atoms with E-state index in [1.807, 2.05) is 0 Å². The topological polar surface area (TPSA) is 65.1 Å². The van der Waals surface area contributed by atoms with E-state index >= 15 is 0 Å². The molecule has 1 amide bonds. The Kier molecular flexibility index (Phi) is 3.36. The van der Waals surface area contributed by atoms with Gasteiger partial charge < -0.3 is 14.2 Å². The second-order valence-electron chi connectivity index (χ2n) is 3.63. The number of amides is 1. The summed E-state index contributed by atoms with van der Waals surface area (Å²) in [5.74, 6) is -0.445. The van der Waals surface area contributed by atoms with Crippen LogP contribution in [0.5, 0.6) is 11.5 Å². The van der Waals surface area contributed by atoms with Crippen molar-refractivity contribution in [2.24, 2.45) is 0 Å². The number of anilines is 1. The van der Waals surface area contributed by atoms with Crippen molar-refractivity contribution in [2.45, 2.75) is 0 Å². The molecule has 1 aliphatic rings. The van der Waals surface area contributed by atoms with E-state index in [2.05, 4.69) is 4.74 Å². The van der Waals surface area contributed by atoms with Crippen molar-refractivity contribution in [3.63, 3.8) is 0 Å². The van der Waals surface area contributed by atoms with Crippen LogP contribution < -0.4 is 14.4 Å². The fraction of sp³-hybridized carbons (Fsp3) is 0.333. The minimum Gasteiger partial charge on any atom is -0.493 e. The van der Waals surface area contributed by atoms with Gasteiger partial charge in [0.2, 0.25) is 0 Å². The van der Waals surface area contributed by atoms with Crippen LogP contribution in [0.3, 0.4) is 0 Å². The van der Waals surface area contributed by atoms with Gasteiger partial charge in [-0.15, -0.1) is 0 Å². The third kappa shape index (κ3) is 2.09. The predicted molar refractivity (Wildman–Crippen MR) is 62.9 cm³/mol. The molecule has 1 fully saturated rings. The van der Waals surface area contributed by atoms with Gasteiger partial charge in [-0.1, -0.05) is 0 Å². The number of rotatable bonds is 3. The lowest BCUT2D eigenvalue weighted by Gasteiger charge is -2.26. The summed E-state index contributed by atoms with van der Waals surface area (Å²) in [5, 5.41) is 0. The van der Waals surface area contributed by atoms with Crippen LogP contribution >= 0.6 is 0 Å². The minimum atomic E-state index is -0.837. The first-order chi connectivity index (χ1) is 8.67. The highest BCUT2D eigenvalue weighted by Gasteiger charge is 2.29. The van der Waals surface area contributed by atoms with Crippen LogP contribution in [0.4, 0.5) is 5.69 Å². The molecule has 0 aliphatic carbocycles. The number of esters is 1. The van der Waals surface area contributed by atoms with Crippen molar-refractivity contribution < 1.29 is 23.8 Å². The van der Waals surface area contributed by atoms with Crippen LogP contribution in [0.25, 0.3) is 0 Å². The van der Waals surface area contributed by atoms with Gasteiger partial charge in [0.25, 0.3) is 0 Å². The van der Waals surface area contributed by atoms with E-state index in [-0.39, 0.29) is 6.61 Å². The molecule has 0 unspecified atom stereocenters. The standard InChI is InChI=1S/C12H13NO5/c1-16-9-4-3-8(7-10(9)17-2)13-5-6-18-12(15)11(13)14/h3-4,7H,5-6H2,1-2H3. The zero-order valence-electron chi connectivity index (χ0n) is 10.1. The fourth-order valence-electron chi connectivity index (χ4n) is 1.74. The highest BCUT2D eigenvalue weighted by molar-refractivity contribution is 6.38. The molecule has 6 heteroatoms. The van der Waals surface area contributed by atoms with Gasteiger partial charge in [-0.2, -0.15) is 0 Å². The van der Waals surface area contributed by atoms with Crippen molar-refractivity contribution in [1.29, 1.82) is 0 Å². The molecule has 1 heterocycles. The summed E-state index contributed by atoms with van der Waals surface area (Å²) >= 11 is 0. The van der Waals surface area contributed by atoms with E-state index in [9.17, 15) is 9.59 Å². The molecule has 0 N–H and O–H groups in total. The number of hydrogen-bond acceptors (Lipinski definition) is 5. The minimum absolute atomic E-state index is 0.193. The summed E-state index contributed by atoms with van der Waals surface area (Å²) < 4.78 is 14.9. The number of morpholine rings is 1. The van der Waals surface area contributed by atoms with Crippen LogP contribution in [-0.4, -0.2) is 39.2 Å². The molecule has 2 rings (SSSR count). The maximum atomic E-state index is 11.7. The molecule has 96 valence electrons. The summed E-state index contributed by atoms with van der Waals surface area (Å²) in [5.41, 5.74) is 0.578. The first-order valence-corrected chi connectivity index (χ1v) is 5.38. The van der Waals surface area contributed by atoms with E-state index in [4.69, 9.17) is 9.47 Å². The summed E-state index contributed by atoms with van der Waals surface area (Å²) in [6.45, 7) is 0.527. The van der Waals surface area contributed by atoms with Crippen LogP contribution in [0.2, 0.25) is 0 Å². The van der Waals surface area contributed by atoms with Gasteiger partial charge >= 0.3 is 11.9 Å². The summed E-state index contributed by atoms with van der Waals surface area (Å²) in [4.78, 5) is 24.2. The zero-order chi connectivity index (χ0) is 13.1. The number of cyclic esters (lactones) is 1. The lowest BCUT2D eigenvalue weighted by Crippen LogP contribution is -2.45. The first-order valence-electron chi connectivity index (χ1n) is 5.38. The molecule has 0 radical (unpaired) electrons. The molecule has 1 saturated heterocycles. The van der Waals surface area contributed by atoms with Crippen molar-refractivity contribution in [2.75, 3.05) is 32.3 Å². The van der Waals surface area contributed by atoms with Crippen LogP contribution in [-0.2, 0) is 14.3 Å². The van der Waals surface area contributed by atoms with E-state index in [0.29, 0.717) is 23.7 Å². The normalized spacial score (nSPS) is 15.3. The van der Waals surface area contributed by atoms with Crippen molar-refractivity contribution in [1.82, 2.24) is 0 Å². The Balaban J connectivity index is 2.33. The van der Waals surface area contributed by atoms with E-state index in [0.717, 1.165) is 0 Å². The van der Waals surface area contributed by atoms with Gasteiger partial charge in [0.15, 0.2) is 11.5 Å². The number of nitrogens with zero attached hydrogens (tertiary/aromatic N) is 1.